The summed E-state index contributed by atoms with van der Waals surface area (Å²) in [7, 11) is 0. The lowest BCUT2D eigenvalue weighted by Crippen LogP contribution is -2.22. The van der Waals surface area contributed by atoms with Crippen LogP contribution < -0.4 is 4.74 Å². The molecular formula is C23H23NO. The van der Waals surface area contributed by atoms with Gasteiger partial charge < -0.3 is 4.74 Å². The van der Waals surface area contributed by atoms with Gasteiger partial charge in [0.15, 0.2) is 0 Å². The second-order valence-electron chi connectivity index (χ2n) is 6.44. The van der Waals surface area contributed by atoms with Gasteiger partial charge in [0.2, 0.25) is 0 Å². The molecule has 3 aromatic rings. The summed E-state index contributed by atoms with van der Waals surface area (Å²) in [6.45, 7) is 7.54. The predicted molar refractivity (Wildman–Crippen MR) is 104 cm³/mol. The summed E-state index contributed by atoms with van der Waals surface area (Å²) < 4.78 is 6.24. The molecule has 126 valence electrons. The van der Waals surface area contributed by atoms with Crippen LogP contribution in [0.3, 0.4) is 0 Å². The number of ether oxygens (including phenoxy) is 1. The Kier molecular flexibility index (Phi) is 4.29. The van der Waals surface area contributed by atoms with Gasteiger partial charge in [-0.1, -0.05) is 62.4 Å². The SMILES string of the molecule is CCN(CC)Cc1ccc2c(c1)-c1ccccc1Oc1ccccc1-2. The highest BCUT2D eigenvalue weighted by Gasteiger charge is 2.20. The van der Waals surface area contributed by atoms with E-state index in [9.17, 15) is 0 Å². The minimum absolute atomic E-state index is 0.921. The van der Waals surface area contributed by atoms with Gasteiger partial charge in [-0.3, -0.25) is 4.90 Å². The third-order valence-electron chi connectivity index (χ3n) is 4.96. The fraction of sp³-hybridized carbons (Fsp3) is 0.217. The van der Waals surface area contributed by atoms with E-state index in [-0.39, 0.29) is 0 Å². The van der Waals surface area contributed by atoms with Gasteiger partial charge in [0.05, 0.1) is 0 Å². The van der Waals surface area contributed by atoms with E-state index in [1.807, 2.05) is 18.2 Å². The highest BCUT2D eigenvalue weighted by molar-refractivity contribution is 5.90. The molecule has 1 aliphatic heterocycles. The molecule has 0 saturated carbocycles. The van der Waals surface area contributed by atoms with Crippen molar-refractivity contribution in [2.75, 3.05) is 13.1 Å². The second-order valence-corrected chi connectivity index (χ2v) is 6.44. The molecule has 1 aliphatic rings. The molecule has 0 spiro atoms. The molecule has 0 saturated heterocycles. The smallest absolute Gasteiger partial charge is 0.135 e. The average Bonchev–Trinajstić information content (AvgIpc) is 2.80. The molecular weight excluding hydrogens is 306 g/mol. The fourth-order valence-electron chi connectivity index (χ4n) is 3.53. The minimum atomic E-state index is 0.921. The highest BCUT2D eigenvalue weighted by Crippen LogP contribution is 2.46. The lowest BCUT2D eigenvalue weighted by atomic mass is 9.93. The Bertz CT molecular complexity index is 896. The average molecular weight is 329 g/mol. The first-order chi connectivity index (χ1) is 12.3. The van der Waals surface area contributed by atoms with E-state index in [2.05, 4.69) is 67.3 Å². The number of hydrogen-bond acceptors (Lipinski definition) is 2. The molecule has 25 heavy (non-hydrogen) atoms. The molecule has 2 nitrogen and oxygen atoms in total. The number of para-hydroxylation sites is 2. The molecule has 0 fully saturated rings. The number of benzene rings is 3. The highest BCUT2D eigenvalue weighted by atomic mass is 16.5. The summed E-state index contributed by atoms with van der Waals surface area (Å²) in [6, 6.07) is 23.4. The van der Waals surface area contributed by atoms with Gasteiger partial charge in [-0.25, -0.2) is 0 Å². The van der Waals surface area contributed by atoms with E-state index in [0.29, 0.717) is 0 Å². The van der Waals surface area contributed by atoms with Gasteiger partial charge in [0, 0.05) is 17.7 Å². The Morgan fingerprint density at radius 3 is 1.92 bits per heavy atom. The summed E-state index contributed by atoms with van der Waals surface area (Å²) in [4.78, 5) is 2.44. The van der Waals surface area contributed by atoms with Gasteiger partial charge in [-0.05, 0) is 48.0 Å². The normalized spacial score (nSPS) is 12.0. The van der Waals surface area contributed by atoms with Crippen LogP contribution in [0.5, 0.6) is 11.5 Å². The third-order valence-corrected chi connectivity index (χ3v) is 4.96. The van der Waals surface area contributed by atoms with Crippen molar-refractivity contribution in [3.05, 3.63) is 72.3 Å². The van der Waals surface area contributed by atoms with Crippen molar-refractivity contribution in [1.82, 2.24) is 4.90 Å². The van der Waals surface area contributed by atoms with Gasteiger partial charge in [0.25, 0.3) is 0 Å². The molecule has 1 heterocycles. The van der Waals surface area contributed by atoms with Crippen LogP contribution in [0.25, 0.3) is 22.3 Å². The number of fused-ring (bicyclic) bond motifs is 5. The summed E-state index contributed by atoms with van der Waals surface area (Å²) in [6.07, 6.45) is 0. The molecule has 0 aromatic heterocycles. The van der Waals surface area contributed by atoms with Crippen molar-refractivity contribution in [1.29, 1.82) is 0 Å². The lowest BCUT2D eigenvalue weighted by Gasteiger charge is -2.19. The summed E-state index contributed by atoms with van der Waals surface area (Å²) >= 11 is 0. The quantitative estimate of drug-likeness (QED) is 0.457. The zero-order valence-corrected chi connectivity index (χ0v) is 14.8. The Morgan fingerprint density at radius 1 is 0.680 bits per heavy atom. The van der Waals surface area contributed by atoms with Gasteiger partial charge in [-0.2, -0.15) is 0 Å². The Hall–Kier alpha value is -2.58. The molecule has 0 N–H and O–H groups in total. The maximum atomic E-state index is 6.24. The first kappa shape index (κ1) is 15.9. The first-order valence-electron chi connectivity index (χ1n) is 9.02. The van der Waals surface area contributed by atoms with Crippen molar-refractivity contribution in [2.45, 2.75) is 20.4 Å². The van der Waals surface area contributed by atoms with Crippen molar-refractivity contribution >= 4 is 0 Å². The van der Waals surface area contributed by atoms with Crippen LogP contribution in [-0.4, -0.2) is 18.0 Å². The van der Waals surface area contributed by atoms with Crippen LogP contribution in [-0.2, 0) is 6.54 Å². The summed E-state index contributed by atoms with van der Waals surface area (Å²) in [5.74, 6) is 1.85. The molecule has 4 rings (SSSR count). The maximum absolute atomic E-state index is 6.24. The van der Waals surface area contributed by atoms with Crippen molar-refractivity contribution in [3.63, 3.8) is 0 Å². The van der Waals surface area contributed by atoms with Crippen LogP contribution in [0.1, 0.15) is 19.4 Å². The Labute approximate surface area is 149 Å². The minimum Gasteiger partial charge on any atom is -0.456 e. The Balaban J connectivity index is 1.89. The monoisotopic (exact) mass is 329 g/mol. The van der Waals surface area contributed by atoms with Crippen LogP contribution in [0.15, 0.2) is 66.7 Å². The third kappa shape index (κ3) is 2.94. The number of hydrogen-bond donors (Lipinski definition) is 0. The molecule has 0 aliphatic carbocycles. The van der Waals surface area contributed by atoms with Crippen LogP contribution in [0.4, 0.5) is 0 Å². The van der Waals surface area contributed by atoms with E-state index >= 15 is 0 Å². The first-order valence-corrected chi connectivity index (χ1v) is 9.02. The van der Waals surface area contributed by atoms with E-state index in [1.54, 1.807) is 0 Å². The molecule has 0 unspecified atom stereocenters. The van der Waals surface area contributed by atoms with E-state index in [0.717, 1.165) is 42.3 Å². The van der Waals surface area contributed by atoms with Gasteiger partial charge in [-0.15, -0.1) is 0 Å². The molecule has 0 bridgehead atoms. The van der Waals surface area contributed by atoms with E-state index in [4.69, 9.17) is 4.74 Å². The topological polar surface area (TPSA) is 12.5 Å². The largest absolute Gasteiger partial charge is 0.456 e. The molecule has 0 amide bonds. The molecule has 2 heteroatoms. The summed E-state index contributed by atoms with van der Waals surface area (Å²) in [5, 5.41) is 0. The van der Waals surface area contributed by atoms with Crippen LogP contribution in [0, 0.1) is 0 Å². The zero-order valence-electron chi connectivity index (χ0n) is 14.8. The van der Waals surface area contributed by atoms with Crippen LogP contribution >= 0.6 is 0 Å². The van der Waals surface area contributed by atoms with Crippen molar-refractivity contribution < 1.29 is 4.74 Å². The standard InChI is InChI=1S/C23H23NO/c1-3-24(4-2)16-17-13-14-18-19-9-5-7-11-22(19)25-23-12-8-6-10-20(23)21(18)15-17/h5-15H,3-4,16H2,1-2H3. The van der Waals surface area contributed by atoms with E-state index in [1.165, 1.54) is 16.7 Å². The second kappa shape index (κ2) is 6.73. The van der Waals surface area contributed by atoms with Crippen molar-refractivity contribution in [2.24, 2.45) is 0 Å². The number of nitrogens with zero attached hydrogens (tertiary/aromatic N) is 1. The predicted octanol–water partition coefficient (Wildman–Crippen LogP) is 5.97. The lowest BCUT2D eigenvalue weighted by molar-refractivity contribution is 0.296. The maximum Gasteiger partial charge on any atom is 0.135 e. The van der Waals surface area contributed by atoms with Crippen molar-refractivity contribution in [3.8, 4) is 33.8 Å². The van der Waals surface area contributed by atoms with E-state index < -0.39 is 0 Å². The van der Waals surface area contributed by atoms with Crippen LogP contribution in [0.2, 0.25) is 0 Å². The fourth-order valence-corrected chi connectivity index (χ4v) is 3.53. The van der Waals surface area contributed by atoms with Gasteiger partial charge in [0.1, 0.15) is 11.5 Å². The zero-order chi connectivity index (χ0) is 17.2. The summed E-state index contributed by atoms with van der Waals surface area (Å²) in [5.41, 5.74) is 6.16. The Morgan fingerprint density at radius 2 is 1.28 bits per heavy atom. The molecule has 0 radical (unpaired) electrons. The number of rotatable bonds is 4. The van der Waals surface area contributed by atoms with Gasteiger partial charge >= 0.3 is 0 Å². The molecule has 0 atom stereocenters. The molecule has 3 aromatic carbocycles.